The van der Waals surface area contributed by atoms with E-state index in [0.717, 1.165) is 5.56 Å². The predicted octanol–water partition coefficient (Wildman–Crippen LogP) is 0.612. The lowest BCUT2D eigenvalue weighted by molar-refractivity contribution is -0.138. The van der Waals surface area contributed by atoms with Crippen LogP contribution in [-0.4, -0.2) is 22.9 Å². The molecule has 0 aromatic heterocycles. The van der Waals surface area contributed by atoms with Gasteiger partial charge in [-0.2, -0.15) is 0 Å². The first-order valence-corrected chi connectivity index (χ1v) is 6.23. The van der Waals surface area contributed by atoms with Crippen LogP contribution in [0.3, 0.4) is 0 Å². The molecule has 0 aliphatic heterocycles. The van der Waals surface area contributed by atoms with Gasteiger partial charge in [-0.15, -0.1) is 0 Å². The molecule has 1 unspecified atom stereocenters. The molecule has 1 aromatic rings. The summed E-state index contributed by atoms with van der Waals surface area (Å²) in [5.74, 6) is -3.15. The zero-order valence-electron chi connectivity index (χ0n) is 11.0. The largest absolute Gasteiger partial charge is 0.481 e. The average Bonchev–Trinajstić information content (AvgIpc) is 2.35. The highest BCUT2D eigenvalue weighted by Crippen LogP contribution is 2.32. The molecule has 2 amide bonds. The molecule has 5 N–H and O–H groups in total. The number of hydrogen-bond donors (Lipinski definition) is 3. The fourth-order valence-electron chi connectivity index (χ4n) is 2.32. The van der Waals surface area contributed by atoms with E-state index in [4.69, 9.17) is 16.6 Å². The molecule has 6 nitrogen and oxygen atoms in total. The van der Waals surface area contributed by atoms with Crippen LogP contribution in [-0.2, 0) is 14.4 Å². The monoisotopic (exact) mass is 278 g/mol. The first kappa shape index (κ1) is 15.7. The van der Waals surface area contributed by atoms with Crippen LogP contribution in [0.4, 0.5) is 0 Å². The Morgan fingerprint density at radius 3 is 1.85 bits per heavy atom. The van der Waals surface area contributed by atoms with Gasteiger partial charge in [-0.25, -0.2) is 0 Å². The minimum absolute atomic E-state index is 0.0736. The third-order valence-electron chi connectivity index (χ3n) is 3.12. The number of hydrogen-bond acceptors (Lipinski definition) is 3. The Hall–Kier alpha value is -2.37. The third kappa shape index (κ3) is 5.09. The van der Waals surface area contributed by atoms with Gasteiger partial charge in [-0.3, -0.25) is 14.4 Å². The van der Waals surface area contributed by atoms with Gasteiger partial charge >= 0.3 is 5.97 Å². The summed E-state index contributed by atoms with van der Waals surface area (Å²) in [6, 6.07) is 8.88. The zero-order chi connectivity index (χ0) is 15.1. The van der Waals surface area contributed by atoms with E-state index in [9.17, 15) is 14.4 Å². The number of amides is 2. The van der Waals surface area contributed by atoms with Gasteiger partial charge in [0.1, 0.15) is 0 Å². The highest BCUT2D eigenvalue weighted by molar-refractivity contribution is 5.78. The van der Waals surface area contributed by atoms with Gasteiger partial charge in [-0.05, 0) is 17.4 Å². The molecule has 0 aliphatic rings. The van der Waals surface area contributed by atoms with E-state index in [1.165, 1.54) is 0 Å². The molecule has 0 aliphatic carbocycles. The number of carboxylic acids is 1. The van der Waals surface area contributed by atoms with E-state index >= 15 is 0 Å². The summed E-state index contributed by atoms with van der Waals surface area (Å²) >= 11 is 0. The van der Waals surface area contributed by atoms with Crippen molar-refractivity contribution in [2.24, 2.45) is 17.4 Å². The smallest absolute Gasteiger partial charge is 0.303 e. The molecule has 1 atom stereocenters. The van der Waals surface area contributed by atoms with Crippen LogP contribution in [0.1, 0.15) is 30.7 Å². The summed E-state index contributed by atoms with van der Waals surface area (Å²) in [5, 5.41) is 9.03. The molecule has 1 aromatic carbocycles. The number of carbonyl (C=O) groups excluding carboxylic acids is 2. The second-order valence-electron chi connectivity index (χ2n) is 4.72. The van der Waals surface area contributed by atoms with Crippen LogP contribution in [0.15, 0.2) is 30.3 Å². The number of rotatable bonds is 8. The molecule has 0 fully saturated rings. The lowest BCUT2D eigenvalue weighted by Gasteiger charge is -2.24. The van der Waals surface area contributed by atoms with Crippen molar-refractivity contribution in [3.05, 3.63) is 35.9 Å². The Bertz CT molecular complexity index is 471. The highest BCUT2D eigenvalue weighted by Gasteiger charge is 2.28. The van der Waals surface area contributed by atoms with Crippen molar-refractivity contribution < 1.29 is 19.5 Å². The van der Waals surface area contributed by atoms with Gasteiger partial charge in [0.15, 0.2) is 0 Å². The highest BCUT2D eigenvalue weighted by atomic mass is 16.4. The van der Waals surface area contributed by atoms with Crippen LogP contribution in [0.25, 0.3) is 0 Å². The van der Waals surface area contributed by atoms with Crippen molar-refractivity contribution in [3.8, 4) is 0 Å². The fraction of sp³-hybridized carbons (Fsp3) is 0.357. The van der Waals surface area contributed by atoms with Gasteiger partial charge in [0, 0.05) is 12.8 Å². The van der Waals surface area contributed by atoms with Gasteiger partial charge in [-0.1, -0.05) is 30.3 Å². The Morgan fingerprint density at radius 1 is 0.950 bits per heavy atom. The average molecular weight is 278 g/mol. The molecule has 1 rings (SSSR count). The maximum Gasteiger partial charge on any atom is 0.303 e. The van der Waals surface area contributed by atoms with Crippen LogP contribution >= 0.6 is 0 Å². The molecule has 0 spiro atoms. The maximum atomic E-state index is 11.1. The molecule has 0 heterocycles. The molecule has 0 radical (unpaired) electrons. The summed E-state index contributed by atoms with van der Waals surface area (Å²) in [5.41, 5.74) is 11.1. The molecular formula is C14H18N2O4. The van der Waals surface area contributed by atoms with Gasteiger partial charge in [0.05, 0.1) is 6.42 Å². The van der Waals surface area contributed by atoms with Crippen LogP contribution < -0.4 is 11.5 Å². The number of benzene rings is 1. The molecular weight excluding hydrogens is 260 g/mol. The summed E-state index contributed by atoms with van der Waals surface area (Å²) in [6.45, 7) is 0. The number of carbonyl (C=O) groups is 3. The SMILES string of the molecule is NC(=O)CC(CC(N)=O)C(CC(=O)O)c1ccccc1. The minimum Gasteiger partial charge on any atom is -0.481 e. The number of aliphatic carboxylic acids is 1. The number of nitrogens with two attached hydrogens (primary N) is 2. The van der Waals surface area contributed by atoms with E-state index in [1.54, 1.807) is 30.3 Å². The second kappa shape index (κ2) is 7.28. The van der Waals surface area contributed by atoms with Crippen molar-refractivity contribution in [1.82, 2.24) is 0 Å². The fourth-order valence-corrected chi connectivity index (χ4v) is 2.32. The van der Waals surface area contributed by atoms with E-state index in [-0.39, 0.29) is 19.3 Å². The van der Waals surface area contributed by atoms with E-state index in [2.05, 4.69) is 0 Å². The minimum atomic E-state index is -1.00. The van der Waals surface area contributed by atoms with E-state index in [0.29, 0.717) is 0 Å². The molecule has 20 heavy (non-hydrogen) atoms. The Morgan fingerprint density at radius 2 is 1.45 bits per heavy atom. The van der Waals surface area contributed by atoms with Crippen LogP contribution in [0.5, 0.6) is 0 Å². The summed E-state index contributed by atoms with van der Waals surface area (Å²) in [6.07, 6.45) is -0.333. The zero-order valence-corrected chi connectivity index (χ0v) is 11.0. The Balaban J connectivity index is 3.06. The van der Waals surface area contributed by atoms with E-state index < -0.39 is 29.6 Å². The predicted molar refractivity (Wildman–Crippen MR) is 72.5 cm³/mol. The normalized spacial score (nSPS) is 12.1. The Kier molecular flexibility index (Phi) is 5.71. The summed E-state index contributed by atoms with van der Waals surface area (Å²) in [7, 11) is 0. The van der Waals surface area contributed by atoms with Crippen LogP contribution in [0, 0.1) is 5.92 Å². The maximum absolute atomic E-state index is 11.1. The number of carboxylic acid groups (broad SMARTS) is 1. The summed E-state index contributed by atoms with van der Waals surface area (Å²) < 4.78 is 0. The van der Waals surface area contributed by atoms with Gasteiger partial charge in [0.25, 0.3) is 0 Å². The molecule has 108 valence electrons. The van der Waals surface area contributed by atoms with Crippen molar-refractivity contribution in [2.45, 2.75) is 25.2 Å². The quantitative estimate of drug-likeness (QED) is 0.644. The van der Waals surface area contributed by atoms with Crippen molar-refractivity contribution in [3.63, 3.8) is 0 Å². The first-order chi connectivity index (χ1) is 9.40. The summed E-state index contributed by atoms with van der Waals surface area (Å²) in [4.78, 5) is 33.3. The topological polar surface area (TPSA) is 123 Å². The van der Waals surface area contributed by atoms with Crippen molar-refractivity contribution >= 4 is 17.8 Å². The molecule has 0 saturated heterocycles. The Labute approximate surface area is 116 Å². The second-order valence-corrected chi connectivity index (χ2v) is 4.72. The molecule has 0 bridgehead atoms. The van der Waals surface area contributed by atoms with Crippen molar-refractivity contribution in [2.75, 3.05) is 0 Å². The van der Waals surface area contributed by atoms with Gasteiger partial charge in [0.2, 0.25) is 11.8 Å². The standard InChI is InChI=1S/C14H18N2O4/c15-12(17)6-10(7-13(16)18)11(8-14(19)20)9-4-2-1-3-5-9/h1-5,10-11H,6-8H2,(H2,15,17)(H2,16,18)(H,19,20). The van der Waals surface area contributed by atoms with Crippen LogP contribution in [0.2, 0.25) is 0 Å². The van der Waals surface area contributed by atoms with Gasteiger partial charge < -0.3 is 16.6 Å². The third-order valence-corrected chi connectivity index (χ3v) is 3.12. The number of primary amides is 2. The van der Waals surface area contributed by atoms with Crippen molar-refractivity contribution in [1.29, 1.82) is 0 Å². The lowest BCUT2D eigenvalue weighted by Crippen LogP contribution is -2.27. The van der Waals surface area contributed by atoms with E-state index in [1.807, 2.05) is 0 Å². The molecule has 6 heteroatoms. The first-order valence-electron chi connectivity index (χ1n) is 6.23. The molecule has 0 saturated carbocycles. The lowest BCUT2D eigenvalue weighted by atomic mass is 9.79.